The van der Waals surface area contributed by atoms with Gasteiger partial charge in [0.1, 0.15) is 11.2 Å². The first-order valence-corrected chi connectivity index (χ1v) is 21.6. The monoisotopic (exact) mass is 868 g/mol. The van der Waals surface area contributed by atoms with Crippen LogP contribution in [0.5, 0.6) is 23.0 Å². The molecule has 338 valence electrons. The van der Waals surface area contributed by atoms with E-state index in [1.54, 1.807) is 36.2 Å². The van der Waals surface area contributed by atoms with Crippen LogP contribution in [0.15, 0.2) is 54.7 Å². The Hall–Kier alpha value is -6.32. The number of rotatable bonds is 13. The summed E-state index contributed by atoms with van der Waals surface area (Å²) in [6.45, 7) is 13.2. The first-order valence-electron chi connectivity index (χ1n) is 21.6. The molecule has 0 spiro atoms. The van der Waals surface area contributed by atoms with E-state index in [0.29, 0.717) is 96.9 Å². The van der Waals surface area contributed by atoms with Crippen LogP contribution in [-0.4, -0.2) is 110 Å². The lowest BCUT2D eigenvalue weighted by Gasteiger charge is -2.22. The van der Waals surface area contributed by atoms with Gasteiger partial charge in [-0.25, -0.2) is 9.59 Å². The smallest absolute Gasteiger partial charge is 0.412 e. The molecule has 3 aromatic carbocycles. The predicted octanol–water partition coefficient (Wildman–Crippen LogP) is 7.89. The van der Waals surface area contributed by atoms with Gasteiger partial charge in [-0.1, -0.05) is 12.1 Å². The predicted molar refractivity (Wildman–Crippen MR) is 239 cm³/mol. The van der Waals surface area contributed by atoms with Gasteiger partial charge in [0.25, 0.3) is 11.8 Å². The van der Waals surface area contributed by atoms with Crippen molar-refractivity contribution in [2.24, 2.45) is 0 Å². The second-order valence-electron chi connectivity index (χ2n) is 18.2. The Morgan fingerprint density at radius 1 is 0.714 bits per heavy atom. The second kappa shape index (κ2) is 18.6. The minimum Gasteiger partial charge on any atom is -0.493 e. The number of carbonyl (C=O) groups is 4. The summed E-state index contributed by atoms with van der Waals surface area (Å²) in [7, 11) is 3.11. The summed E-state index contributed by atoms with van der Waals surface area (Å²) in [6.07, 6.45) is 4.54. The van der Waals surface area contributed by atoms with Gasteiger partial charge in [0.15, 0.2) is 23.0 Å². The minimum atomic E-state index is -0.608. The summed E-state index contributed by atoms with van der Waals surface area (Å²) >= 11 is 0. The molecule has 7 rings (SSSR count). The van der Waals surface area contributed by atoms with Crippen LogP contribution in [0, 0.1) is 0 Å². The molecule has 1 saturated heterocycles. The largest absolute Gasteiger partial charge is 0.493 e. The number of unbranched alkanes of at least 4 members (excludes halogenated alkanes) is 2. The van der Waals surface area contributed by atoms with E-state index in [-0.39, 0.29) is 29.9 Å². The van der Waals surface area contributed by atoms with E-state index in [1.807, 2.05) is 84.1 Å². The van der Waals surface area contributed by atoms with Crippen molar-refractivity contribution in [1.82, 2.24) is 15.1 Å². The fourth-order valence-corrected chi connectivity index (χ4v) is 8.20. The van der Waals surface area contributed by atoms with Crippen LogP contribution in [0.25, 0.3) is 5.57 Å². The first-order chi connectivity index (χ1) is 30.0. The molecule has 4 heterocycles. The second-order valence-corrected chi connectivity index (χ2v) is 18.2. The molecule has 1 fully saturated rings. The molecule has 0 aliphatic carbocycles. The van der Waals surface area contributed by atoms with Crippen LogP contribution >= 0.6 is 0 Å². The maximum atomic E-state index is 13.9. The SMILES string of the molecule is COc1cc2c(cc1OCCCCCOc1cc3c(cc1OC)C(=O)N1C[C@H](NC(=O)OC(C)(C)C)C[C@H]1CN3)NC[C@@H]1CC(c3ccc(NC(=O)OC(C)(C)C)cc3)=CN1C2=O. The molecular formula is C47H60N6O10. The Bertz CT molecular complexity index is 2230. The molecule has 4 N–H and O–H groups in total. The molecule has 0 aromatic heterocycles. The quantitative estimate of drug-likeness (QED) is 0.122. The number of carbonyl (C=O) groups excluding carboxylic acids is 4. The summed E-state index contributed by atoms with van der Waals surface area (Å²) in [5.74, 6) is 1.79. The summed E-state index contributed by atoms with van der Waals surface area (Å²) in [6, 6.07) is 14.2. The molecule has 4 aliphatic heterocycles. The van der Waals surface area contributed by atoms with Crippen LogP contribution in [-0.2, 0) is 9.47 Å². The molecule has 4 amide bonds. The maximum absolute atomic E-state index is 13.9. The van der Waals surface area contributed by atoms with Gasteiger partial charge in [-0.3, -0.25) is 14.9 Å². The fourth-order valence-electron chi connectivity index (χ4n) is 8.20. The highest BCUT2D eigenvalue weighted by Gasteiger charge is 2.40. The van der Waals surface area contributed by atoms with Gasteiger partial charge in [0.2, 0.25) is 0 Å². The number of alkyl carbamates (subject to hydrolysis) is 1. The Morgan fingerprint density at radius 3 is 1.84 bits per heavy atom. The van der Waals surface area contributed by atoms with E-state index in [2.05, 4.69) is 21.3 Å². The number of nitrogens with zero attached hydrogens (tertiary/aromatic N) is 2. The van der Waals surface area contributed by atoms with E-state index in [9.17, 15) is 19.2 Å². The van der Waals surface area contributed by atoms with Crippen LogP contribution in [0.4, 0.5) is 26.7 Å². The van der Waals surface area contributed by atoms with Crippen molar-refractivity contribution in [3.8, 4) is 23.0 Å². The van der Waals surface area contributed by atoms with Crippen molar-refractivity contribution < 1.29 is 47.6 Å². The molecule has 3 aromatic rings. The van der Waals surface area contributed by atoms with Crippen LogP contribution in [0.3, 0.4) is 0 Å². The summed E-state index contributed by atoms with van der Waals surface area (Å²) in [4.78, 5) is 55.8. The van der Waals surface area contributed by atoms with E-state index in [0.717, 1.165) is 30.4 Å². The molecule has 63 heavy (non-hydrogen) atoms. The van der Waals surface area contributed by atoms with Crippen LogP contribution in [0.2, 0.25) is 0 Å². The highest BCUT2D eigenvalue weighted by molar-refractivity contribution is 6.03. The van der Waals surface area contributed by atoms with Crippen molar-refractivity contribution in [2.75, 3.05) is 63.0 Å². The highest BCUT2D eigenvalue weighted by atomic mass is 16.6. The number of methoxy groups -OCH3 is 2. The van der Waals surface area contributed by atoms with Crippen molar-refractivity contribution in [2.45, 2.75) is 103 Å². The molecular weight excluding hydrogens is 809 g/mol. The maximum Gasteiger partial charge on any atom is 0.412 e. The first kappa shape index (κ1) is 44.7. The topological polar surface area (TPSA) is 178 Å². The Balaban J connectivity index is 0.885. The minimum absolute atomic E-state index is 0.0799. The zero-order valence-corrected chi connectivity index (χ0v) is 37.5. The zero-order valence-electron chi connectivity index (χ0n) is 37.5. The van der Waals surface area contributed by atoms with Gasteiger partial charge in [0.05, 0.1) is 68.1 Å². The van der Waals surface area contributed by atoms with Crippen molar-refractivity contribution in [1.29, 1.82) is 0 Å². The Morgan fingerprint density at radius 2 is 1.27 bits per heavy atom. The third-order valence-corrected chi connectivity index (χ3v) is 11.1. The summed E-state index contributed by atoms with van der Waals surface area (Å²) in [5, 5.41) is 12.6. The van der Waals surface area contributed by atoms with Gasteiger partial charge >= 0.3 is 12.2 Å². The molecule has 16 heteroatoms. The van der Waals surface area contributed by atoms with Gasteiger partial charge in [-0.15, -0.1) is 0 Å². The Labute approximate surface area is 368 Å². The van der Waals surface area contributed by atoms with E-state index in [1.165, 1.54) is 0 Å². The number of hydrogen-bond donors (Lipinski definition) is 4. The van der Waals surface area contributed by atoms with E-state index in [4.69, 9.17) is 28.4 Å². The van der Waals surface area contributed by atoms with E-state index < -0.39 is 23.4 Å². The molecule has 0 saturated carbocycles. The molecule has 16 nitrogen and oxygen atoms in total. The standard InChI is InChI=1S/C47H60N6O10/c1-46(2,3)62-44(56)50-30-14-12-28(13-15-30)29-18-32-24-48-36-22-40(38(58-7)20-34(36)42(54)52(32)26-29)60-16-10-9-11-17-61-41-23-37-35(21-39(41)59-8)43(55)53-27-31(19-33(53)25-49-37)51-45(57)63-47(4,5)6/h12-15,20-23,26,31-33,48-49H,9-11,16-19,24-25,27H2,1-8H3,(H,50,56)(H,51,57)/t31-,32+,33+/m1/s1. The van der Waals surface area contributed by atoms with Gasteiger partial charge in [0, 0.05) is 43.7 Å². The molecule has 4 aliphatic rings. The van der Waals surface area contributed by atoms with Crippen molar-refractivity contribution >= 4 is 46.6 Å². The number of nitrogens with one attached hydrogen (secondary N) is 4. The summed E-state index contributed by atoms with van der Waals surface area (Å²) in [5.41, 5.74) is 3.78. The lowest BCUT2D eigenvalue weighted by atomic mass is 10.0. The number of fused-ring (bicyclic) bond motifs is 4. The lowest BCUT2D eigenvalue weighted by Crippen LogP contribution is -2.41. The average molecular weight is 869 g/mol. The number of ether oxygens (including phenoxy) is 6. The Kier molecular flexibility index (Phi) is 13.2. The molecule has 3 atom stereocenters. The molecule has 0 bridgehead atoms. The number of benzene rings is 3. The fraction of sp³-hybridized carbons (Fsp3) is 0.489. The van der Waals surface area contributed by atoms with Crippen molar-refractivity contribution in [3.05, 3.63) is 71.4 Å². The summed E-state index contributed by atoms with van der Waals surface area (Å²) < 4.78 is 34.5. The third kappa shape index (κ3) is 10.8. The lowest BCUT2D eigenvalue weighted by molar-refractivity contribution is 0.0501. The van der Waals surface area contributed by atoms with Gasteiger partial charge in [-0.2, -0.15) is 0 Å². The highest BCUT2D eigenvalue weighted by Crippen LogP contribution is 2.40. The average Bonchev–Trinajstić information content (AvgIpc) is 3.78. The molecule has 0 radical (unpaired) electrons. The van der Waals surface area contributed by atoms with Gasteiger partial charge in [-0.05, 0) is 109 Å². The van der Waals surface area contributed by atoms with Crippen LogP contribution in [0.1, 0.15) is 99.9 Å². The molecule has 0 unspecified atom stereocenters. The zero-order chi connectivity index (χ0) is 45.1. The number of hydrogen-bond acceptors (Lipinski definition) is 12. The van der Waals surface area contributed by atoms with Crippen molar-refractivity contribution in [3.63, 3.8) is 0 Å². The van der Waals surface area contributed by atoms with Gasteiger partial charge < -0.3 is 54.2 Å². The third-order valence-electron chi connectivity index (χ3n) is 11.1. The number of anilines is 3. The van der Waals surface area contributed by atoms with E-state index >= 15 is 0 Å². The van der Waals surface area contributed by atoms with Crippen LogP contribution < -0.4 is 40.2 Å². The normalized spacial score (nSPS) is 19.1. The number of amides is 4.